The lowest BCUT2D eigenvalue weighted by molar-refractivity contribution is 0.102. The van der Waals surface area contributed by atoms with Crippen LogP contribution in [0.5, 0.6) is 0 Å². The number of carbonyl (C=O) groups excluding carboxylic acids is 1. The highest BCUT2D eigenvalue weighted by Gasteiger charge is 2.13. The molecule has 0 aliphatic carbocycles. The highest BCUT2D eigenvalue weighted by atomic mass is 16.1. The number of nitrogens with one attached hydrogen (secondary N) is 3. The Labute approximate surface area is 178 Å². The minimum Gasteiger partial charge on any atom is -0.346 e. The Kier molecular flexibility index (Phi) is 4.64. The minimum absolute atomic E-state index is 0.160. The van der Waals surface area contributed by atoms with E-state index in [9.17, 15) is 4.79 Å². The summed E-state index contributed by atoms with van der Waals surface area (Å²) in [4.78, 5) is 28.7. The van der Waals surface area contributed by atoms with Crippen LogP contribution in [0.1, 0.15) is 15.9 Å². The molecule has 1 amide bonds. The summed E-state index contributed by atoms with van der Waals surface area (Å²) in [5.74, 6) is 1.17. The number of benzene rings is 2. The van der Waals surface area contributed by atoms with Crippen molar-refractivity contribution in [2.24, 2.45) is 0 Å². The average Bonchev–Trinajstić information content (AvgIpc) is 3.46. The molecular weight excluding hydrogens is 390 g/mol. The standard InChI is InChI=1S/C23H19N7O/c1-15-7-8-17(28-22(31)16-5-3-2-4-6-16)13-19(15)29-23-25-11-12-30(23)21-18-9-10-24-20(18)26-14-27-21/h2-14H,1H3,(H,25,29)(H,28,31)(H,24,26,27). The van der Waals surface area contributed by atoms with E-state index in [0.29, 0.717) is 17.2 Å². The number of H-pyrrole nitrogens is 1. The molecular formula is C23H19N7O. The molecule has 0 spiro atoms. The van der Waals surface area contributed by atoms with Crippen molar-refractivity contribution >= 4 is 34.3 Å². The van der Waals surface area contributed by atoms with Gasteiger partial charge >= 0.3 is 0 Å². The molecule has 8 heteroatoms. The molecule has 0 bridgehead atoms. The Hall–Kier alpha value is -4.46. The van der Waals surface area contributed by atoms with E-state index in [-0.39, 0.29) is 5.91 Å². The molecule has 31 heavy (non-hydrogen) atoms. The maximum absolute atomic E-state index is 12.5. The van der Waals surface area contributed by atoms with Crippen molar-refractivity contribution in [2.75, 3.05) is 10.6 Å². The molecule has 3 aromatic heterocycles. The van der Waals surface area contributed by atoms with Crippen LogP contribution in [0.3, 0.4) is 0 Å². The number of rotatable bonds is 5. The van der Waals surface area contributed by atoms with Gasteiger partial charge in [-0.05, 0) is 42.8 Å². The second-order valence-electron chi connectivity index (χ2n) is 7.03. The van der Waals surface area contributed by atoms with Crippen LogP contribution in [0.15, 0.2) is 79.5 Å². The fraction of sp³-hybridized carbons (Fsp3) is 0.0435. The number of amides is 1. The van der Waals surface area contributed by atoms with Crippen molar-refractivity contribution < 1.29 is 4.79 Å². The van der Waals surface area contributed by atoms with E-state index in [0.717, 1.165) is 28.1 Å². The van der Waals surface area contributed by atoms with Crippen LogP contribution in [-0.4, -0.2) is 30.4 Å². The van der Waals surface area contributed by atoms with Crippen molar-refractivity contribution in [1.82, 2.24) is 24.5 Å². The Morgan fingerprint density at radius 1 is 1.03 bits per heavy atom. The number of anilines is 3. The van der Waals surface area contributed by atoms with Gasteiger partial charge in [0.1, 0.15) is 12.0 Å². The van der Waals surface area contributed by atoms with E-state index in [2.05, 4.69) is 30.6 Å². The summed E-state index contributed by atoms with van der Waals surface area (Å²) in [5.41, 5.74) is 3.90. The topological polar surface area (TPSA) is 101 Å². The van der Waals surface area contributed by atoms with Crippen LogP contribution in [0.25, 0.3) is 16.9 Å². The molecule has 152 valence electrons. The van der Waals surface area contributed by atoms with E-state index in [1.807, 2.05) is 66.3 Å². The van der Waals surface area contributed by atoms with Gasteiger partial charge in [0.15, 0.2) is 5.82 Å². The van der Waals surface area contributed by atoms with Gasteiger partial charge in [0.2, 0.25) is 5.95 Å². The van der Waals surface area contributed by atoms with Crippen molar-refractivity contribution in [3.05, 3.63) is 90.6 Å². The van der Waals surface area contributed by atoms with Crippen LogP contribution in [0.2, 0.25) is 0 Å². The zero-order chi connectivity index (χ0) is 21.2. The number of nitrogens with zero attached hydrogens (tertiary/aromatic N) is 4. The number of fused-ring (bicyclic) bond motifs is 1. The Bertz CT molecular complexity index is 1370. The van der Waals surface area contributed by atoms with Gasteiger partial charge < -0.3 is 15.6 Å². The first-order chi connectivity index (χ1) is 15.2. The van der Waals surface area contributed by atoms with Crippen molar-refractivity contribution in [3.8, 4) is 5.82 Å². The lowest BCUT2D eigenvalue weighted by Gasteiger charge is -2.14. The summed E-state index contributed by atoms with van der Waals surface area (Å²) < 4.78 is 1.87. The number of aromatic nitrogens is 5. The van der Waals surface area contributed by atoms with Gasteiger partial charge in [0, 0.05) is 35.5 Å². The smallest absolute Gasteiger partial charge is 0.255 e. The van der Waals surface area contributed by atoms with Gasteiger partial charge in [0.25, 0.3) is 5.91 Å². The van der Waals surface area contributed by atoms with E-state index >= 15 is 0 Å². The number of aromatic amines is 1. The van der Waals surface area contributed by atoms with Crippen LogP contribution in [0, 0.1) is 6.92 Å². The Morgan fingerprint density at radius 2 is 1.90 bits per heavy atom. The number of carbonyl (C=O) groups is 1. The summed E-state index contributed by atoms with van der Waals surface area (Å²) in [6.45, 7) is 1.99. The first-order valence-electron chi connectivity index (χ1n) is 9.75. The summed E-state index contributed by atoms with van der Waals surface area (Å²) in [7, 11) is 0. The molecule has 0 radical (unpaired) electrons. The number of hydrogen-bond donors (Lipinski definition) is 3. The van der Waals surface area contributed by atoms with E-state index in [1.165, 1.54) is 6.33 Å². The Balaban J connectivity index is 1.44. The minimum atomic E-state index is -0.160. The average molecular weight is 409 g/mol. The molecule has 0 atom stereocenters. The van der Waals surface area contributed by atoms with Crippen LogP contribution in [0.4, 0.5) is 17.3 Å². The van der Waals surface area contributed by atoms with Crippen LogP contribution >= 0.6 is 0 Å². The largest absolute Gasteiger partial charge is 0.346 e. The molecule has 3 N–H and O–H groups in total. The fourth-order valence-corrected chi connectivity index (χ4v) is 3.37. The monoisotopic (exact) mass is 409 g/mol. The molecule has 0 fully saturated rings. The molecule has 8 nitrogen and oxygen atoms in total. The molecule has 0 aliphatic heterocycles. The van der Waals surface area contributed by atoms with Gasteiger partial charge in [-0.25, -0.2) is 15.0 Å². The third-order valence-electron chi connectivity index (χ3n) is 4.98. The fourth-order valence-electron chi connectivity index (χ4n) is 3.37. The predicted octanol–water partition coefficient (Wildman–Crippen LogP) is 4.45. The first kappa shape index (κ1) is 18.6. The molecule has 0 saturated heterocycles. The summed E-state index contributed by atoms with van der Waals surface area (Å²) >= 11 is 0. The third-order valence-corrected chi connectivity index (χ3v) is 4.98. The zero-order valence-corrected chi connectivity index (χ0v) is 16.7. The zero-order valence-electron chi connectivity index (χ0n) is 16.7. The summed E-state index contributed by atoms with van der Waals surface area (Å²) in [5, 5.41) is 7.19. The van der Waals surface area contributed by atoms with Crippen LogP contribution < -0.4 is 10.6 Å². The molecule has 0 unspecified atom stereocenters. The quantitative estimate of drug-likeness (QED) is 0.398. The highest BCUT2D eigenvalue weighted by molar-refractivity contribution is 6.04. The highest BCUT2D eigenvalue weighted by Crippen LogP contribution is 2.26. The molecule has 5 rings (SSSR count). The first-order valence-corrected chi connectivity index (χ1v) is 9.75. The normalized spacial score (nSPS) is 10.9. The van der Waals surface area contributed by atoms with Gasteiger partial charge in [-0.1, -0.05) is 24.3 Å². The Morgan fingerprint density at radius 3 is 2.77 bits per heavy atom. The van der Waals surface area contributed by atoms with Gasteiger partial charge in [-0.2, -0.15) is 0 Å². The second kappa shape index (κ2) is 7.75. The summed E-state index contributed by atoms with van der Waals surface area (Å²) in [6.07, 6.45) is 6.89. The molecule has 0 aliphatic rings. The van der Waals surface area contributed by atoms with Crippen molar-refractivity contribution in [3.63, 3.8) is 0 Å². The maximum atomic E-state index is 12.5. The number of hydrogen-bond acceptors (Lipinski definition) is 5. The van der Waals surface area contributed by atoms with Gasteiger partial charge in [0.05, 0.1) is 5.39 Å². The van der Waals surface area contributed by atoms with E-state index in [4.69, 9.17) is 0 Å². The molecule has 2 aromatic carbocycles. The molecule has 3 heterocycles. The van der Waals surface area contributed by atoms with Crippen molar-refractivity contribution in [1.29, 1.82) is 0 Å². The second-order valence-corrected chi connectivity index (χ2v) is 7.03. The van der Waals surface area contributed by atoms with Crippen molar-refractivity contribution in [2.45, 2.75) is 6.92 Å². The van der Waals surface area contributed by atoms with Gasteiger partial charge in [-0.15, -0.1) is 0 Å². The maximum Gasteiger partial charge on any atom is 0.255 e. The SMILES string of the molecule is Cc1ccc(NC(=O)c2ccccc2)cc1Nc1nccn1-c1ncnc2[nH]ccc12. The summed E-state index contributed by atoms with van der Waals surface area (Å²) in [6, 6.07) is 16.8. The molecule has 0 saturated carbocycles. The predicted molar refractivity (Wildman–Crippen MR) is 120 cm³/mol. The van der Waals surface area contributed by atoms with E-state index in [1.54, 1.807) is 18.3 Å². The van der Waals surface area contributed by atoms with E-state index < -0.39 is 0 Å². The van der Waals surface area contributed by atoms with Crippen LogP contribution in [-0.2, 0) is 0 Å². The third kappa shape index (κ3) is 3.62. The number of imidazole rings is 1. The number of aryl methyl sites for hydroxylation is 1. The lowest BCUT2D eigenvalue weighted by Crippen LogP contribution is -2.12. The lowest BCUT2D eigenvalue weighted by atomic mass is 10.1. The van der Waals surface area contributed by atoms with Gasteiger partial charge in [-0.3, -0.25) is 9.36 Å². The molecule has 5 aromatic rings.